The molecule has 0 aliphatic rings. The van der Waals surface area contributed by atoms with Crippen LogP contribution in [0.5, 0.6) is 5.75 Å². The van der Waals surface area contributed by atoms with E-state index in [0.717, 1.165) is 17.5 Å². The summed E-state index contributed by atoms with van der Waals surface area (Å²) in [4.78, 5) is 26.0. The zero-order valence-electron chi connectivity index (χ0n) is 20.9. The number of carboxylic acid groups (broad SMARTS) is 1. The Morgan fingerprint density at radius 1 is 1.03 bits per heavy atom. The number of ether oxygens (including phenoxy) is 1. The van der Waals surface area contributed by atoms with E-state index >= 15 is 0 Å². The SMILES string of the molecule is [B]C([B])(c1ccccc1OCCCCCC(=O)O)N(C(=O)c1ccc(-c2ccsc2)cc1)C(C)CC. The molecule has 1 aromatic heterocycles. The van der Waals surface area contributed by atoms with Crippen molar-refractivity contribution in [2.24, 2.45) is 0 Å². The van der Waals surface area contributed by atoms with E-state index in [2.05, 4.69) is 5.38 Å². The van der Waals surface area contributed by atoms with Crippen LogP contribution in [0, 0.1) is 0 Å². The van der Waals surface area contributed by atoms with Crippen molar-refractivity contribution in [3.63, 3.8) is 0 Å². The highest BCUT2D eigenvalue weighted by Crippen LogP contribution is 2.34. The van der Waals surface area contributed by atoms with Crippen LogP contribution in [0.25, 0.3) is 11.1 Å². The zero-order chi connectivity index (χ0) is 26.1. The van der Waals surface area contributed by atoms with Gasteiger partial charge in [-0.25, -0.2) is 0 Å². The van der Waals surface area contributed by atoms with Gasteiger partial charge in [-0.2, -0.15) is 11.3 Å². The second kappa shape index (κ2) is 12.8. The van der Waals surface area contributed by atoms with Crippen molar-refractivity contribution >= 4 is 38.9 Å². The molecule has 0 bridgehead atoms. The first-order chi connectivity index (χ1) is 17.3. The monoisotopic (exact) mass is 499 g/mol. The van der Waals surface area contributed by atoms with E-state index in [4.69, 9.17) is 25.5 Å². The Hall–Kier alpha value is -2.99. The number of hydrogen-bond acceptors (Lipinski definition) is 4. The van der Waals surface area contributed by atoms with Crippen molar-refractivity contribution < 1.29 is 19.4 Å². The summed E-state index contributed by atoms with van der Waals surface area (Å²) in [5.41, 5.74) is 3.17. The van der Waals surface area contributed by atoms with Crippen molar-refractivity contribution in [2.45, 2.75) is 57.3 Å². The molecule has 0 fully saturated rings. The van der Waals surface area contributed by atoms with Crippen molar-refractivity contribution in [3.8, 4) is 16.9 Å². The molecule has 1 N–H and O–H groups in total. The molecule has 0 aliphatic carbocycles. The summed E-state index contributed by atoms with van der Waals surface area (Å²) in [5.74, 6) is -0.544. The number of hydrogen-bond donors (Lipinski definition) is 1. The van der Waals surface area contributed by atoms with Crippen LogP contribution in [0.3, 0.4) is 0 Å². The molecule has 184 valence electrons. The number of carbonyl (C=O) groups is 2. The van der Waals surface area contributed by atoms with Crippen LogP contribution in [0.4, 0.5) is 0 Å². The lowest BCUT2D eigenvalue weighted by Crippen LogP contribution is -2.54. The second-order valence-electron chi connectivity index (χ2n) is 8.90. The molecule has 3 aromatic rings. The zero-order valence-corrected chi connectivity index (χ0v) is 21.7. The van der Waals surface area contributed by atoms with Gasteiger partial charge in [0, 0.05) is 23.6 Å². The predicted molar refractivity (Wildman–Crippen MR) is 147 cm³/mol. The number of benzene rings is 2. The maximum absolute atomic E-state index is 13.7. The lowest BCUT2D eigenvalue weighted by molar-refractivity contribution is -0.137. The van der Waals surface area contributed by atoms with Gasteiger partial charge in [-0.15, -0.1) is 0 Å². The molecule has 1 heterocycles. The molecule has 4 radical (unpaired) electrons. The Balaban J connectivity index is 1.81. The van der Waals surface area contributed by atoms with E-state index in [1.165, 1.54) is 4.90 Å². The third-order valence-electron chi connectivity index (χ3n) is 6.25. The molecule has 3 rings (SSSR count). The summed E-state index contributed by atoms with van der Waals surface area (Å²) in [6, 6.07) is 16.5. The smallest absolute Gasteiger partial charge is 0.303 e. The van der Waals surface area contributed by atoms with Gasteiger partial charge in [0.25, 0.3) is 5.91 Å². The molecule has 0 aliphatic heterocycles. The number of nitrogens with zero attached hydrogens (tertiary/aromatic N) is 1. The second-order valence-corrected chi connectivity index (χ2v) is 9.68. The van der Waals surface area contributed by atoms with Crippen LogP contribution in [-0.2, 0) is 10.1 Å². The summed E-state index contributed by atoms with van der Waals surface area (Å²) in [6.45, 7) is 4.31. The van der Waals surface area contributed by atoms with Gasteiger partial charge in [0.1, 0.15) is 5.75 Å². The molecular formula is C28H31B2NO4S. The fourth-order valence-electron chi connectivity index (χ4n) is 4.08. The van der Waals surface area contributed by atoms with E-state index in [1.54, 1.807) is 35.6 Å². The lowest BCUT2D eigenvalue weighted by atomic mass is 9.56. The number of amides is 1. The number of unbranched alkanes of at least 4 members (excludes halogenated alkanes) is 2. The van der Waals surface area contributed by atoms with Gasteiger partial charge < -0.3 is 14.7 Å². The summed E-state index contributed by atoms with van der Waals surface area (Å²) < 4.78 is 5.99. The number of rotatable bonds is 13. The van der Waals surface area contributed by atoms with Gasteiger partial charge in [0.2, 0.25) is 0 Å². The number of carbonyl (C=O) groups excluding carboxylic acids is 1. The fourth-order valence-corrected chi connectivity index (χ4v) is 4.74. The van der Waals surface area contributed by atoms with E-state index in [1.807, 2.05) is 49.6 Å². The highest BCUT2D eigenvalue weighted by Gasteiger charge is 2.36. The molecule has 0 spiro atoms. The highest BCUT2D eigenvalue weighted by molar-refractivity contribution is 7.08. The Kier molecular flexibility index (Phi) is 9.82. The largest absolute Gasteiger partial charge is 0.493 e. The molecule has 1 unspecified atom stereocenters. The third-order valence-corrected chi connectivity index (χ3v) is 6.93. The molecule has 2 aromatic carbocycles. The van der Waals surface area contributed by atoms with Crippen molar-refractivity contribution in [2.75, 3.05) is 6.61 Å². The van der Waals surface area contributed by atoms with E-state index in [0.29, 0.717) is 42.7 Å². The summed E-state index contributed by atoms with van der Waals surface area (Å²) >= 11 is 1.63. The average Bonchev–Trinajstić information content (AvgIpc) is 3.41. The van der Waals surface area contributed by atoms with Crippen LogP contribution < -0.4 is 4.74 Å². The summed E-state index contributed by atoms with van der Waals surface area (Å²) in [6.07, 6.45) is 2.85. The first-order valence-electron chi connectivity index (χ1n) is 12.2. The molecule has 0 saturated heterocycles. The maximum Gasteiger partial charge on any atom is 0.303 e. The number of para-hydroxylation sites is 1. The lowest BCUT2D eigenvalue weighted by Gasteiger charge is -2.45. The minimum Gasteiger partial charge on any atom is -0.493 e. The Morgan fingerprint density at radius 3 is 2.39 bits per heavy atom. The van der Waals surface area contributed by atoms with E-state index in [9.17, 15) is 9.59 Å². The minimum atomic E-state index is -1.61. The first kappa shape index (κ1) is 27.6. The molecular weight excluding hydrogens is 468 g/mol. The minimum absolute atomic E-state index is 0.144. The van der Waals surface area contributed by atoms with Crippen LogP contribution in [-0.4, -0.2) is 50.2 Å². The predicted octanol–water partition coefficient (Wildman–Crippen LogP) is 5.83. The highest BCUT2D eigenvalue weighted by atomic mass is 32.1. The standard InChI is InChI=1S/C28H31B2NO4S/c1-3-20(2)31(27(34)22-14-12-21(13-15-22)23-16-18-36-19-23)28(29,30)24-9-6-7-10-25(24)35-17-8-4-5-11-26(32)33/h6-7,9-10,12-16,18-20H,3-5,8,11,17H2,1-2H3,(H,32,33). The van der Waals surface area contributed by atoms with Gasteiger partial charge in [-0.05, 0) is 84.1 Å². The Bertz CT molecular complexity index is 1130. The molecule has 0 saturated carbocycles. The van der Waals surface area contributed by atoms with Gasteiger partial charge in [0.05, 0.1) is 22.3 Å². The number of carboxylic acids is 1. The normalized spacial score (nSPS) is 12.2. The van der Waals surface area contributed by atoms with Crippen LogP contribution in [0.15, 0.2) is 65.4 Å². The quantitative estimate of drug-likeness (QED) is 0.238. The van der Waals surface area contributed by atoms with Crippen LogP contribution in [0.2, 0.25) is 0 Å². The van der Waals surface area contributed by atoms with Crippen LogP contribution >= 0.6 is 11.3 Å². The number of aliphatic carboxylic acids is 1. The maximum atomic E-state index is 13.7. The third kappa shape index (κ3) is 6.82. The van der Waals surface area contributed by atoms with Gasteiger partial charge in [-0.3, -0.25) is 9.59 Å². The summed E-state index contributed by atoms with van der Waals surface area (Å²) in [7, 11) is 13.5. The molecule has 5 nitrogen and oxygen atoms in total. The van der Waals surface area contributed by atoms with Crippen molar-refractivity contribution in [3.05, 3.63) is 76.5 Å². The first-order valence-corrected chi connectivity index (χ1v) is 13.2. The Morgan fingerprint density at radius 2 is 1.75 bits per heavy atom. The van der Waals surface area contributed by atoms with Gasteiger partial charge >= 0.3 is 5.97 Å². The molecule has 36 heavy (non-hydrogen) atoms. The Labute approximate surface area is 220 Å². The summed E-state index contributed by atoms with van der Waals surface area (Å²) in [5, 5.41) is 11.3. The average molecular weight is 499 g/mol. The van der Waals surface area contributed by atoms with Crippen molar-refractivity contribution in [1.29, 1.82) is 0 Å². The molecule has 1 atom stereocenters. The van der Waals surface area contributed by atoms with E-state index < -0.39 is 11.3 Å². The number of thiophene rings is 1. The van der Waals surface area contributed by atoms with Gasteiger partial charge in [-0.1, -0.05) is 37.3 Å². The van der Waals surface area contributed by atoms with Crippen LogP contribution in [0.1, 0.15) is 61.9 Å². The van der Waals surface area contributed by atoms with Gasteiger partial charge in [0.15, 0.2) is 0 Å². The molecule has 1 amide bonds. The topological polar surface area (TPSA) is 66.8 Å². The molecule has 8 heteroatoms. The van der Waals surface area contributed by atoms with E-state index in [-0.39, 0.29) is 18.4 Å². The van der Waals surface area contributed by atoms with Crippen molar-refractivity contribution in [1.82, 2.24) is 4.90 Å². The fraction of sp³-hybridized carbons (Fsp3) is 0.357.